The molecule has 7 nitrogen and oxygen atoms in total. The quantitative estimate of drug-likeness (QED) is 0.672. The third-order valence-electron chi connectivity index (χ3n) is 4.67. The molecule has 0 radical (unpaired) electrons. The number of rotatable bonds is 7. The fourth-order valence-electron chi connectivity index (χ4n) is 3.12. The molecule has 156 valence electrons. The summed E-state index contributed by atoms with van der Waals surface area (Å²) < 4.78 is 32.2. The molecule has 9 heteroatoms. The van der Waals surface area contributed by atoms with Crippen molar-refractivity contribution in [3.63, 3.8) is 0 Å². The van der Waals surface area contributed by atoms with Crippen molar-refractivity contribution < 1.29 is 22.7 Å². The average Bonchev–Trinajstić information content (AvgIpc) is 3.28. The molecule has 1 aromatic carbocycles. The van der Waals surface area contributed by atoms with Gasteiger partial charge in [0.2, 0.25) is 5.91 Å². The van der Waals surface area contributed by atoms with Gasteiger partial charge in [0.05, 0.1) is 18.1 Å². The lowest BCUT2D eigenvalue weighted by Crippen LogP contribution is -2.43. The first kappa shape index (κ1) is 21.5. The van der Waals surface area contributed by atoms with Crippen molar-refractivity contribution in [1.82, 2.24) is 4.31 Å². The Morgan fingerprint density at radius 3 is 2.66 bits per heavy atom. The molecular formula is C20H24N2O5S2. The highest BCUT2D eigenvalue weighted by atomic mass is 32.2. The van der Waals surface area contributed by atoms with Gasteiger partial charge < -0.3 is 10.1 Å². The Hall–Kier alpha value is -2.23. The van der Waals surface area contributed by atoms with Crippen molar-refractivity contribution in [1.29, 1.82) is 0 Å². The first-order valence-corrected chi connectivity index (χ1v) is 11.9. The van der Waals surface area contributed by atoms with Gasteiger partial charge in [-0.2, -0.15) is 4.31 Å². The summed E-state index contributed by atoms with van der Waals surface area (Å²) in [5.74, 6) is -1.04. The van der Waals surface area contributed by atoms with Gasteiger partial charge in [-0.05, 0) is 55.0 Å². The highest BCUT2D eigenvalue weighted by molar-refractivity contribution is 7.91. The number of piperidine rings is 1. The van der Waals surface area contributed by atoms with Gasteiger partial charge in [0.25, 0.3) is 10.0 Å². The average molecular weight is 437 g/mol. The van der Waals surface area contributed by atoms with Crippen molar-refractivity contribution in [2.45, 2.75) is 30.4 Å². The maximum absolute atomic E-state index is 12.7. The van der Waals surface area contributed by atoms with E-state index in [0.717, 1.165) is 6.42 Å². The third-order valence-corrected chi connectivity index (χ3v) is 7.91. The van der Waals surface area contributed by atoms with Gasteiger partial charge in [-0.15, -0.1) is 11.3 Å². The fourth-order valence-corrected chi connectivity index (χ4v) is 5.79. The van der Waals surface area contributed by atoms with Crippen molar-refractivity contribution in [2.75, 3.05) is 25.0 Å². The number of hydrogen-bond acceptors (Lipinski definition) is 6. The smallest absolute Gasteiger partial charge is 0.338 e. The van der Waals surface area contributed by atoms with Gasteiger partial charge in [-0.1, -0.05) is 13.0 Å². The Kier molecular flexibility index (Phi) is 7.05. The Labute approximate surface area is 174 Å². The summed E-state index contributed by atoms with van der Waals surface area (Å²) in [7, 11) is -3.56. The van der Waals surface area contributed by atoms with E-state index in [2.05, 4.69) is 5.32 Å². The third kappa shape index (κ3) is 5.23. The summed E-state index contributed by atoms with van der Waals surface area (Å²) in [5.41, 5.74) is 0.975. The Balaban J connectivity index is 1.61. The van der Waals surface area contributed by atoms with Crippen LogP contribution in [0.5, 0.6) is 0 Å². The Morgan fingerprint density at radius 2 is 2.00 bits per heavy atom. The molecule has 1 aliphatic rings. The van der Waals surface area contributed by atoms with Crippen LogP contribution in [0.15, 0.2) is 46.0 Å². The summed E-state index contributed by atoms with van der Waals surface area (Å²) in [6, 6.07) is 9.76. The van der Waals surface area contributed by atoms with E-state index in [-0.39, 0.29) is 12.5 Å². The number of nitrogens with one attached hydrogen (secondary N) is 1. The second-order valence-electron chi connectivity index (χ2n) is 6.84. The molecule has 0 bridgehead atoms. The molecule has 29 heavy (non-hydrogen) atoms. The van der Waals surface area contributed by atoms with Crippen LogP contribution in [0.1, 0.15) is 36.5 Å². The molecule has 1 aliphatic heterocycles. The van der Waals surface area contributed by atoms with Crippen LogP contribution in [-0.4, -0.2) is 44.3 Å². The molecule has 1 amide bonds. The molecule has 3 rings (SSSR count). The van der Waals surface area contributed by atoms with Crippen molar-refractivity contribution in [2.24, 2.45) is 5.92 Å². The van der Waals surface area contributed by atoms with E-state index in [1.165, 1.54) is 15.6 Å². The van der Waals surface area contributed by atoms with Gasteiger partial charge in [0, 0.05) is 18.8 Å². The number of esters is 1. The van der Waals surface area contributed by atoms with E-state index < -0.39 is 21.9 Å². The molecule has 0 saturated carbocycles. The number of carbonyl (C=O) groups is 2. The van der Waals surface area contributed by atoms with E-state index in [4.69, 9.17) is 4.74 Å². The number of benzene rings is 1. The van der Waals surface area contributed by atoms with Crippen LogP contribution in [0, 0.1) is 5.92 Å². The van der Waals surface area contributed by atoms with E-state index >= 15 is 0 Å². The monoisotopic (exact) mass is 436 g/mol. The van der Waals surface area contributed by atoms with Crippen LogP contribution in [-0.2, 0) is 19.6 Å². The van der Waals surface area contributed by atoms with Gasteiger partial charge in [-0.3, -0.25) is 4.79 Å². The van der Waals surface area contributed by atoms with Crippen LogP contribution >= 0.6 is 11.3 Å². The second-order valence-corrected chi connectivity index (χ2v) is 9.95. The van der Waals surface area contributed by atoms with Gasteiger partial charge in [-0.25, -0.2) is 13.2 Å². The van der Waals surface area contributed by atoms with E-state index in [1.54, 1.807) is 41.8 Å². The summed E-state index contributed by atoms with van der Waals surface area (Å²) in [4.78, 5) is 24.5. The molecule has 1 aromatic heterocycles. The largest absolute Gasteiger partial charge is 0.462 e. The van der Waals surface area contributed by atoms with Crippen LogP contribution in [0.3, 0.4) is 0 Å². The van der Waals surface area contributed by atoms with Crippen LogP contribution in [0.4, 0.5) is 5.69 Å². The molecule has 1 atom stereocenters. The molecule has 1 fully saturated rings. The zero-order valence-corrected chi connectivity index (χ0v) is 17.8. The van der Waals surface area contributed by atoms with Crippen LogP contribution < -0.4 is 5.32 Å². The number of hydrogen-bond donors (Lipinski definition) is 1. The van der Waals surface area contributed by atoms with Gasteiger partial charge in [0.1, 0.15) is 4.21 Å². The molecule has 1 unspecified atom stereocenters. The normalized spacial score (nSPS) is 17.6. The molecule has 0 spiro atoms. The minimum absolute atomic E-state index is 0.160. The lowest BCUT2D eigenvalue weighted by Gasteiger charge is -2.30. The fraction of sp³-hybridized carbons (Fsp3) is 0.400. The van der Waals surface area contributed by atoms with Gasteiger partial charge in [0.15, 0.2) is 0 Å². The van der Waals surface area contributed by atoms with Crippen molar-refractivity contribution in [3.8, 4) is 0 Å². The number of nitrogens with zero attached hydrogens (tertiary/aromatic N) is 1. The highest BCUT2D eigenvalue weighted by Crippen LogP contribution is 2.27. The summed E-state index contributed by atoms with van der Waals surface area (Å²) in [6.07, 6.45) is 2.01. The lowest BCUT2D eigenvalue weighted by atomic mass is 9.98. The minimum Gasteiger partial charge on any atom is -0.462 e. The topological polar surface area (TPSA) is 92.8 Å². The predicted molar refractivity (Wildman–Crippen MR) is 111 cm³/mol. The highest BCUT2D eigenvalue weighted by Gasteiger charge is 2.33. The predicted octanol–water partition coefficient (Wildman–Crippen LogP) is 3.35. The maximum Gasteiger partial charge on any atom is 0.338 e. The zero-order valence-electron chi connectivity index (χ0n) is 16.2. The summed E-state index contributed by atoms with van der Waals surface area (Å²) >= 11 is 1.18. The summed E-state index contributed by atoms with van der Waals surface area (Å²) in [5, 5.41) is 4.54. The van der Waals surface area contributed by atoms with Gasteiger partial charge >= 0.3 is 5.97 Å². The van der Waals surface area contributed by atoms with E-state index in [9.17, 15) is 18.0 Å². The second kappa shape index (κ2) is 9.51. The lowest BCUT2D eigenvalue weighted by molar-refractivity contribution is -0.120. The molecule has 0 aliphatic carbocycles. The Bertz CT molecular complexity index is 940. The molecular weight excluding hydrogens is 412 g/mol. The molecule has 2 aromatic rings. The van der Waals surface area contributed by atoms with E-state index in [0.29, 0.717) is 41.5 Å². The first-order valence-electron chi connectivity index (χ1n) is 9.53. The molecule has 1 N–H and O–H groups in total. The van der Waals surface area contributed by atoms with E-state index in [1.807, 2.05) is 6.92 Å². The standard InChI is InChI=1S/C20H24N2O5S2/c1-2-12-27-20(24)15-7-9-17(10-8-15)21-19(23)16-5-3-11-22(14-16)29(25,26)18-6-4-13-28-18/h4,6-10,13,16H,2-3,5,11-12,14H2,1H3,(H,21,23). The first-order chi connectivity index (χ1) is 13.9. The Morgan fingerprint density at radius 1 is 1.24 bits per heavy atom. The maximum atomic E-state index is 12.7. The van der Waals surface area contributed by atoms with Crippen LogP contribution in [0.2, 0.25) is 0 Å². The molecule has 1 saturated heterocycles. The zero-order chi connectivity index (χ0) is 20.9. The van der Waals surface area contributed by atoms with Crippen molar-refractivity contribution in [3.05, 3.63) is 47.3 Å². The number of amides is 1. The molecule has 2 heterocycles. The number of sulfonamides is 1. The van der Waals surface area contributed by atoms with Crippen LogP contribution in [0.25, 0.3) is 0 Å². The minimum atomic E-state index is -3.56. The summed E-state index contributed by atoms with van der Waals surface area (Å²) in [6.45, 7) is 2.86. The number of ether oxygens (including phenoxy) is 1. The number of anilines is 1. The SMILES string of the molecule is CCCOC(=O)c1ccc(NC(=O)C2CCCN(S(=O)(=O)c3cccs3)C2)cc1. The number of carbonyl (C=O) groups excluding carboxylic acids is 2. The van der Waals surface area contributed by atoms with Crippen molar-refractivity contribution >= 4 is 38.9 Å². The number of thiophene rings is 1.